The Morgan fingerprint density at radius 3 is 3.05 bits per heavy atom. The largest absolute Gasteiger partial charge is 0.366 e. The zero-order valence-electron chi connectivity index (χ0n) is 11.2. The van der Waals surface area contributed by atoms with Gasteiger partial charge in [-0.3, -0.25) is 0 Å². The molecule has 4 rings (SSSR count). The second-order valence-electron chi connectivity index (χ2n) is 5.21. The number of rotatable bonds is 3. The third-order valence-corrected chi connectivity index (χ3v) is 3.99. The fourth-order valence-corrected chi connectivity index (χ4v) is 2.95. The molecular weight excluding hydrogens is 248 g/mol. The minimum Gasteiger partial charge on any atom is -0.366 e. The van der Waals surface area contributed by atoms with Crippen molar-refractivity contribution in [3.8, 4) is 0 Å². The van der Waals surface area contributed by atoms with E-state index in [9.17, 15) is 0 Å². The lowest BCUT2D eigenvalue weighted by Crippen LogP contribution is -2.02. The molecule has 0 bridgehead atoms. The molecule has 1 aliphatic rings. The Morgan fingerprint density at radius 2 is 2.05 bits per heavy atom. The monoisotopic (exact) mass is 264 g/mol. The molecule has 0 unspecified atom stereocenters. The highest BCUT2D eigenvalue weighted by molar-refractivity contribution is 5.85. The van der Waals surface area contributed by atoms with Crippen LogP contribution in [0.2, 0.25) is 0 Å². The molecule has 100 valence electrons. The Balaban J connectivity index is 1.57. The van der Waals surface area contributed by atoms with Gasteiger partial charge in [-0.25, -0.2) is 4.98 Å². The van der Waals surface area contributed by atoms with Crippen molar-refractivity contribution in [3.05, 3.63) is 66.2 Å². The predicted octanol–water partition coefficient (Wildman–Crippen LogP) is 3.70. The van der Waals surface area contributed by atoms with Crippen molar-refractivity contribution >= 4 is 10.8 Å². The van der Waals surface area contributed by atoms with Crippen molar-refractivity contribution < 1.29 is 4.74 Å². The van der Waals surface area contributed by atoms with Crippen LogP contribution in [0, 0.1) is 0 Å². The van der Waals surface area contributed by atoms with Gasteiger partial charge in [0, 0.05) is 18.9 Å². The Labute approximate surface area is 117 Å². The van der Waals surface area contributed by atoms with Gasteiger partial charge in [-0.1, -0.05) is 42.5 Å². The van der Waals surface area contributed by atoms with Gasteiger partial charge < -0.3 is 9.30 Å². The number of aryl methyl sites for hydroxylation is 1. The van der Waals surface area contributed by atoms with Crippen LogP contribution in [0.25, 0.3) is 10.8 Å². The maximum Gasteiger partial charge on any atom is 0.137 e. The van der Waals surface area contributed by atoms with Crippen molar-refractivity contribution in [1.29, 1.82) is 0 Å². The first-order valence-corrected chi connectivity index (χ1v) is 7.01. The van der Waals surface area contributed by atoms with E-state index in [1.54, 1.807) is 0 Å². The molecule has 0 radical (unpaired) electrons. The molecule has 1 aliphatic heterocycles. The number of nitrogens with zero attached hydrogens (tertiary/aromatic N) is 2. The summed E-state index contributed by atoms with van der Waals surface area (Å²) < 4.78 is 8.27. The third-order valence-electron chi connectivity index (χ3n) is 3.99. The molecule has 1 aromatic heterocycles. The molecule has 0 amide bonds. The van der Waals surface area contributed by atoms with Gasteiger partial charge in [0.15, 0.2) is 0 Å². The van der Waals surface area contributed by atoms with E-state index < -0.39 is 0 Å². The lowest BCUT2D eigenvalue weighted by molar-refractivity contribution is 0.0390. The van der Waals surface area contributed by atoms with Crippen LogP contribution in [0.3, 0.4) is 0 Å². The van der Waals surface area contributed by atoms with Gasteiger partial charge in [-0.05, 0) is 22.8 Å². The van der Waals surface area contributed by atoms with Crippen LogP contribution in [0.1, 0.15) is 23.9 Å². The molecule has 2 heterocycles. The average molecular weight is 264 g/mol. The van der Waals surface area contributed by atoms with Crippen molar-refractivity contribution in [2.24, 2.45) is 0 Å². The summed E-state index contributed by atoms with van der Waals surface area (Å²) in [7, 11) is 0. The van der Waals surface area contributed by atoms with E-state index in [0.29, 0.717) is 6.61 Å². The molecule has 20 heavy (non-hydrogen) atoms. The lowest BCUT2D eigenvalue weighted by atomic mass is 10.1. The number of aromatic nitrogens is 2. The Morgan fingerprint density at radius 1 is 1.15 bits per heavy atom. The van der Waals surface area contributed by atoms with Gasteiger partial charge in [0.05, 0.1) is 6.61 Å². The van der Waals surface area contributed by atoms with Crippen LogP contribution in [0.4, 0.5) is 0 Å². The second kappa shape index (κ2) is 4.76. The highest BCUT2D eigenvalue weighted by Gasteiger charge is 2.24. The summed E-state index contributed by atoms with van der Waals surface area (Å²) in [4.78, 5) is 4.39. The van der Waals surface area contributed by atoms with E-state index in [4.69, 9.17) is 4.74 Å². The maximum atomic E-state index is 6.10. The molecule has 2 aromatic carbocycles. The molecule has 0 saturated heterocycles. The van der Waals surface area contributed by atoms with E-state index in [0.717, 1.165) is 18.8 Å². The smallest absolute Gasteiger partial charge is 0.137 e. The third kappa shape index (κ3) is 1.91. The summed E-state index contributed by atoms with van der Waals surface area (Å²) >= 11 is 0. The quantitative estimate of drug-likeness (QED) is 0.721. The van der Waals surface area contributed by atoms with Gasteiger partial charge in [0.1, 0.15) is 11.9 Å². The summed E-state index contributed by atoms with van der Waals surface area (Å²) in [5, 5.41) is 2.54. The lowest BCUT2D eigenvalue weighted by Gasteiger charge is -2.12. The topological polar surface area (TPSA) is 27.1 Å². The first-order valence-electron chi connectivity index (χ1n) is 7.01. The van der Waals surface area contributed by atoms with Gasteiger partial charge >= 0.3 is 0 Å². The predicted molar refractivity (Wildman–Crippen MR) is 78.3 cm³/mol. The molecule has 0 fully saturated rings. The molecule has 0 N–H and O–H groups in total. The van der Waals surface area contributed by atoms with Gasteiger partial charge in [0.25, 0.3) is 0 Å². The van der Waals surface area contributed by atoms with Crippen LogP contribution in [-0.2, 0) is 17.9 Å². The van der Waals surface area contributed by atoms with Crippen molar-refractivity contribution in [2.75, 3.05) is 0 Å². The molecule has 3 nitrogen and oxygen atoms in total. The Kier molecular flexibility index (Phi) is 2.78. The summed E-state index contributed by atoms with van der Waals surface area (Å²) in [6, 6.07) is 14.8. The van der Waals surface area contributed by atoms with E-state index in [1.807, 2.05) is 12.4 Å². The van der Waals surface area contributed by atoms with E-state index >= 15 is 0 Å². The van der Waals surface area contributed by atoms with E-state index in [1.165, 1.54) is 16.3 Å². The zero-order valence-corrected chi connectivity index (χ0v) is 11.2. The number of fused-ring (bicyclic) bond motifs is 2. The van der Waals surface area contributed by atoms with Crippen LogP contribution >= 0.6 is 0 Å². The SMILES string of the molecule is c1ccc2c(CO[C@@H]3CCn4ccnc43)cccc2c1. The highest BCUT2D eigenvalue weighted by atomic mass is 16.5. The zero-order chi connectivity index (χ0) is 13.4. The fraction of sp³-hybridized carbons (Fsp3) is 0.235. The number of imidazole rings is 1. The summed E-state index contributed by atoms with van der Waals surface area (Å²) in [5.74, 6) is 1.06. The molecule has 3 heteroatoms. The minimum absolute atomic E-state index is 0.129. The molecule has 0 spiro atoms. The van der Waals surface area contributed by atoms with Crippen LogP contribution < -0.4 is 0 Å². The van der Waals surface area contributed by atoms with Crippen molar-refractivity contribution in [1.82, 2.24) is 9.55 Å². The highest BCUT2D eigenvalue weighted by Crippen LogP contribution is 2.29. The van der Waals surface area contributed by atoms with E-state index in [-0.39, 0.29) is 6.10 Å². The fourth-order valence-electron chi connectivity index (χ4n) is 2.95. The standard InChI is InChI=1S/C17H16N2O/c1-2-7-15-13(4-1)5-3-6-14(15)12-20-16-8-10-19-11-9-18-17(16)19/h1-7,9,11,16H,8,10,12H2/t16-/m1/s1. The molecule has 3 aromatic rings. The number of benzene rings is 2. The maximum absolute atomic E-state index is 6.10. The first-order chi connectivity index (χ1) is 9.92. The number of hydrogen-bond acceptors (Lipinski definition) is 2. The van der Waals surface area contributed by atoms with E-state index in [2.05, 4.69) is 52.0 Å². The molecular formula is C17H16N2O. The van der Waals surface area contributed by atoms with Gasteiger partial charge in [0.2, 0.25) is 0 Å². The van der Waals surface area contributed by atoms with Crippen LogP contribution in [0.5, 0.6) is 0 Å². The van der Waals surface area contributed by atoms with Gasteiger partial charge in [-0.15, -0.1) is 0 Å². The number of hydrogen-bond donors (Lipinski definition) is 0. The summed E-state index contributed by atoms with van der Waals surface area (Å²) in [6.45, 7) is 1.65. The van der Waals surface area contributed by atoms with Crippen molar-refractivity contribution in [3.63, 3.8) is 0 Å². The van der Waals surface area contributed by atoms with Crippen LogP contribution in [0.15, 0.2) is 54.9 Å². The summed E-state index contributed by atoms with van der Waals surface area (Å²) in [5.41, 5.74) is 1.24. The van der Waals surface area contributed by atoms with Crippen molar-refractivity contribution in [2.45, 2.75) is 25.7 Å². The minimum atomic E-state index is 0.129. The van der Waals surface area contributed by atoms with Gasteiger partial charge in [-0.2, -0.15) is 0 Å². The molecule has 0 saturated carbocycles. The normalized spacial score (nSPS) is 17.5. The molecule has 0 aliphatic carbocycles. The second-order valence-corrected chi connectivity index (χ2v) is 5.21. The Bertz CT molecular complexity index is 742. The number of ether oxygens (including phenoxy) is 1. The average Bonchev–Trinajstić information content (AvgIpc) is 3.09. The summed E-state index contributed by atoms with van der Waals surface area (Å²) in [6.07, 6.45) is 5.02. The van der Waals surface area contributed by atoms with Crippen LogP contribution in [-0.4, -0.2) is 9.55 Å². The first kappa shape index (κ1) is 11.7. The Hall–Kier alpha value is -2.13. The molecule has 1 atom stereocenters.